The van der Waals surface area contributed by atoms with E-state index in [0.29, 0.717) is 24.1 Å². The Morgan fingerprint density at radius 3 is 2.48 bits per heavy atom. The maximum atomic E-state index is 12.3. The van der Waals surface area contributed by atoms with Crippen LogP contribution < -0.4 is 5.32 Å². The van der Waals surface area contributed by atoms with E-state index in [-0.39, 0.29) is 5.97 Å². The molecule has 2 aromatic heterocycles. The first-order valence-corrected chi connectivity index (χ1v) is 9.61. The van der Waals surface area contributed by atoms with Crippen molar-refractivity contribution >= 4 is 33.3 Å². The van der Waals surface area contributed by atoms with Crippen molar-refractivity contribution in [2.24, 2.45) is 0 Å². The van der Waals surface area contributed by atoms with Gasteiger partial charge in [-0.05, 0) is 46.3 Å². The highest BCUT2D eigenvalue weighted by molar-refractivity contribution is 7.20. The standard InChI is InChI=1S/C18H28N4O2S/c1-7-12(8-2)19-16-14-11(4)15(18(23)24-9-3)25-17(14)21-13(20-16)10-22(5)6/h12H,7-10H2,1-6H3,(H,19,20,21). The van der Waals surface area contributed by atoms with Crippen LogP contribution in [-0.4, -0.2) is 47.6 Å². The smallest absolute Gasteiger partial charge is 0.348 e. The predicted molar refractivity (Wildman–Crippen MR) is 103 cm³/mol. The summed E-state index contributed by atoms with van der Waals surface area (Å²) in [6.07, 6.45) is 2.03. The summed E-state index contributed by atoms with van der Waals surface area (Å²) in [5.74, 6) is 1.29. The number of ether oxygens (including phenoxy) is 1. The number of hydrogen-bond acceptors (Lipinski definition) is 7. The molecule has 138 valence electrons. The Labute approximate surface area is 153 Å². The lowest BCUT2D eigenvalue weighted by atomic mass is 10.1. The first-order chi connectivity index (χ1) is 11.9. The highest BCUT2D eigenvalue weighted by atomic mass is 32.1. The first kappa shape index (κ1) is 19.6. The summed E-state index contributed by atoms with van der Waals surface area (Å²) < 4.78 is 5.19. The van der Waals surface area contributed by atoms with Gasteiger partial charge in [-0.2, -0.15) is 0 Å². The number of rotatable bonds is 8. The molecule has 0 bridgehead atoms. The number of hydrogen-bond donors (Lipinski definition) is 1. The molecule has 6 nitrogen and oxygen atoms in total. The number of thiophene rings is 1. The Balaban J connectivity index is 2.58. The molecule has 0 amide bonds. The van der Waals surface area contributed by atoms with Gasteiger partial charge in [0.15, 0.2) is 0 Å². The van der Waals surface area contributed by atoms with E-state index in [9.17, 15) is 4.79 Å². The van der Waals surface area contributed by atoms with E-state index in [1.165, 1.54) is 11.3 Å². The molecule has 0 unspecified atom stereocenters. The lowest BCUT2D eigenvalue weighted by Gasteiger charge is -2.18. The van der Waals surface area contributed by atoms with Gasteiger partial charge in [-0.3, -0.25) is 0 Å². The van der Waals surface area contributed by atoms with Crippen LogP contribution in [0.3, 0.4) is 0 Å². The zero-order chi connectivity index (χ0) is 18.6. The summed E-state index contributed by atoms with van der Waals surface area (Å²) in [5.41, 5.74) is 0.892. The molecule has 0 aliphatic heterocycles. The van der Waals surface area contributed by atoms with Crippen LogP contribution >= 0.6 is 11.3 Å². The number of nitrogens with zero attached hydrogens (tertiary/aromatic N) is 3. The van der Waals surface area contributed by atoms with Crippen LogP contribution in [0, 0.1) is 6.92 Å². The number of aromatic nitrogens is 2. The second kappa shape index (κ2) is 8.58. The second-order valence-electron chi connectivity index (χ2n) is 6.34. The van der Waals surface area contributed by atoms with E-state index in [1.54, 1.807) is 0 Å². The Kier molecular flexibility index (Phi) is 6.72. The molecule has 2 heterocycles. The topological polar surface area (TPSA) is 67.3 Å². The van der Waals surface area contributed by atoms with E-state index in [4.69, 9.17) is 9.72 Å². The van der Waals surface area contributed by atoms with E-state index >= 15 is 0 Å². The van der Waals surface area contributed by atoms with Gasteiger partial charge in [0.1, 0.15) is 21.3 Å². The summed E-state index contributed by atoms with van der Waals surface area (Å²) >= 11 is 1.39. The van der Waals surface area contributed by atoms with Crippen molar-refractivity contribution in [3.05, 3.63) is 16.3 Å². The van der Waals surface area contributed by atoms with Crippen LogP contribution in [0.25, 0.3) is 10.2 Å². The summed E-state index contributed by atoms with van der Waals surface area (Å²) in [6, 6.07) is 0.343. The molecule has 0 aliphatic rings. The maximum absolute atomic E-state index is 12.3. The number of esters is 1. The van der Waals surface area contributed by atoms with Gasteiger partial charge in [-0.25, -0.2) is 14.8 Å². The number of fused-ring (bicyclic) bond motifs is 1. The SMILES string of the molecule is CCOC(=O)c1sc2nc(CN(C)C)nc(NC(CC)CC)c2c1C. The Morgan fingerprint density at radius 1 is 1.24 bits per heavy atom. The van der Waals surface area contributed by atoms with E-state index in [0.717, 1.165) is 40.3 Å². The summed E-state index contributed by atoms with van der Waals surface area (Å²) in [7, 11) is 3.98. The largest absolute Gasteiger partial charge is 0.462 e. The van der Waals surface area contributed by atoms with Gasteiger partial charge >= 0.3 is 5.97 Å². The van der Waals surface area contributed by atoms with Gasteiger partial charge in [0.2, 0.25) is 0 Å². The third kappa shape index (κ3) is 4.46. The molecule has 0 aromatic carbocycles. The number of aryl methyl sites for hydroxylation is 1. The number of carbonyl (C=O) groups is 1. The highest BCUT2D eigenvalue weighted by Gasteiger charge is 2.22. The maximum Gasteiger partial charge on any atom is 0.348 e. The van der Waals surface area contributed by atoms with E-state index in [1.807, 2.05) is 32.8 Å². The van der Waals surface area contributed by atoms with Gasteiger partial charge in [0.25, 0.3) is 0 Å². The molecule has 0 fully saturated rings. The van der Waals surface area contributed by atoms with Gasteiger partial charge in [-0.15, -0.1) is 11.3 Å². The molecule has 0 saturated heterocycles. The molecular weight excluding hydrogens is 336 g/mol. The lowest BCUT2D eigenvalue weighted by molar-refractivity contribution is 0.0531. The Hall–Kier alpha value is -1.73. The van der Waals surface area contributed by atoms with Gasteiger partial charge in [0.05, 0.1) is 18.5 Å². The van der Waals surface area contributed by atoms with Crippen molar-refractivity contribution in [2.75, 3.05) is 26.0 Å². The summed E-state index contributed by atoms with van der Waals surface area (Å²) in [4.78, 5) is 25.2. The second-order valence-corrected chi connectivity index (χ2v) is 7.34. The normalized spacial score (nSPS) is 11.5. The minimum absolute atomic E-state index is 0.286. The summed E-state index contributed by atoms with van der Waals surface area (Å²) in [5, 5.41) is 4.48. The highest BCUT2D eigenvalue weighted by Crippen LogP contribution is 2.35. The third-order valence-electron chi connectivity index (χ3n) is 4.08. The van der Waals surface area contributed by atoms with Gasteiger partial charge in [0, 0.05) is 6.04 Å². The van der Waals surface area contributed by atoms with Crippen LogP contribution in [0.4, 0.5) is 5.82 Å². The van der Waals surface area contributed by atoms with Crippen molar-refractivity contribution in [3.63, 3.8) is 0 Å². The van der Waals surface area contributed by atoms with Crippen molar-refractivity contribution in [1.82, 2.24) is 14.9 Å². The van der Waals surface area contributed by atoms with E-state index in [2.05, 4.69) is 24.1 Å². The molecule has 0 saturated carbocycles. The van der Waals surface area contributed by atoms with Crippen molar-refractivity contribution in [3.8, 4) is 0 Å². The lowest BCUT2D eigenvalue weighted by Crippen LogP contribution is -2.20. The fraction of sp³-hybridized carbons (Fsp3) is 0.611. The molecule has 7 heteroatoms. The molecule has 0 radical (unpaired) electrons. The average molecular weight is 365 g/mol. The number of nitrogens with one attached hydrogen (secondary N) is 1. The van der Waals surface area contributed by atoms with Crippen molar-refractivity contribution in [2.45, 2.75) is 53.1 Å². The van der Waals surface area contributed by atoms with Crippen LogP contribution in [0.15, 0.2) is 0 Å². The monoisotopic (exact) mass is 364 g/mol. The third-order valence-corrected chi connectivity index (χ3v) is 5.25. The van der Waals surface area contributed by atoms with Crippen LogP contribution in [0.1, 0.15) is 54.7 Å². The molecule has 0 spiro atoms. The number of anilines is 1. The molecule has 25 heavy (non-hydrogen) atoms. The first-order valence-electron chi connectivity index (χ1n) is 8.79. The number of carbonyl (C=O) groups excluding carboxylic acids is 1. The van der Waals surface area contributed by atoms with Crippen LogP contribution in [0.5, 0.6) is 0 Å². The molecular formula is C18H28N4O2S. The van der Waals surface area contributed by atoms with E-state index < -0.39 is 0 Å². The Morgan fingerprint density at radius 2 is 1.92 bits per heavy atom. The van der Waals surface area contributed by atoms with Crippen molar-refractivity contribution in [1.29, 1.82) is 0 Å². The zero-order valence-corrected chi connectivity index (χ0v) is 16.8. The molecule has 0 aliphatic carbocycles. The fourth-order valence-corrected chi connectivity index (χ4v) is 3.81. The predicted octanol–water partition coefficient (Wildman–Crippen LogP) is 3.84. The van der Waals surface area contributed by atoms with Crippen LogP contribution in [0.2, 0.25) is 0 Å². The molecule has 2 rings (SSSR count). The molecule has 0 atom stereocenters. The summed E-state index contributed by atoms with van der Waals surface area (Å²) in [6.45, 7) is 9.09. The average Bonchev–Trinajstić information content (AvgIpc) is 2.89. The molecule has 2 aromatic rings. The van der Waals surface area contributed by atoms with Gasteiger partial charge in [-0.1, -0.05) is 13.8 Å². The van der Waals surface area contributed by atoms with Gasteiger partial charge < -0.3 is 15.0 Å². The molecule has 1 N–H and O–H groups in total. The minimum atomic E-state index is -0.286. The quantitative estimate of drug-likeness (QED) is 0.718. The van der Waals surface area contributed by atoms with Crippen LogP contribution in [-0.2, 0) is 11.3 Å². The fourth-order valence-electron chi connectivity index (χ4n) is 2.72. The zero-order valence-electron chi connectivity index (χ0n) is 16.0. The minimum Gasteiger partial charge on any atom is -0.462 e. The van der Waals surface area contributed by atoms with Crippen molar-refractivity contribution < 1.29 is 9.53 Å². The Bertz CT molecular complexity index is 738.